The van der Waals surface area contributed by atoms with E-state index in [-0.39, 0.29) is 5.41 Å². The SMILES string of the molecule is COc1ccc(CNCCC2(c3ccccc3)CCOC(C(C)C)C2)cc1OC. The largest absolute Gasteiger partial charge is 0.493 e. The summed E-state index contributed by atoms with van der Waals surface area (Å²) in [6, 6.07) is 17.1. The molecule has 1 fully saturated rings. The molecule has 4 nitrogen and oxygen atoms in total. The Hall–Kier alpha value is -2.04. The fourth-order valence-electron chi connectivity index (χ4n) is 4.36. The summed E-state index contributed by atoms with van der Waals surface area (Å²) in [5.41, 5.74) is 2.82. The van der Waals surface area contributed by atoms with Crippen molar-refractivity contribution in [1.82, 2.24) is 5.32 Å². The van der Waals surface area contributed by atoms with Gasteiger partial charge >= 0.3 is 0 Å². The zero-order valence-electron chi connectivity index (χ0n) is 18.2. The molecule has 0 aliphatic carbocycles. The lowest BCUT2D eigenvalue weighted by Gasteiger charge is -2.43. The van der Waals surface area contributed by atoms with E-state index in [1.54, 1.807) is 14.2 Å². The first-order chi connectivity index (χ1) is 14.1. The molecule has 2 unspecified atom stereocenters. The van der Waals surface area contributed by atoms with Crippen LogP contribution < -0.4 is 14.8 Å². The van der Waals surface area contributed by atoms with E-state index in [0.29, 0.717) is 12.0 Å². The van der Waals surface area contributed by atoms with E-state index in [4.69, 9.17) is 14.2 Å². The van der Waals surface area contributed by atoms with Gasteiger partial charge in [-0.25, -0.2) is 0 Å². The van der Waals surface area contributed by atoms with Crippen molar-refractivity contribution in [2.24, 2.45) is 5.92 Å². The highest BCUT2D eigenvalue weighted by Gasteiger charge is 2.38. The van der Waals surface area contributed by atoms with E-state index in [2.05, 4.69) is 55.6 Å². The van der Waals surface area contributed by atoms with Gasteiger partial charge in [0.05, 0.1) is 20.3 Å². The van der Waals surface area contributed by atoms with Gasteiger partial charge in [0, 0.05) is 18.6 Å². The van der Waals surface area contributed by atoms with Crippen LogP contribution in [-0.4, -0.2) is 33.5 Å². The molecule has 2 atom stereocenters. The molecule has 2 aromatic carbocycles. The lowest BCUT2D eigenvalue weighted by Crippen LogP contribution is -2.42. The summed E-state index contributed by atoms with van der Waals surface area (Å²) in [6.07, 6.45) is 3.61. The summed E-state index contributed by atoms with van der Waals surface area (Å²) in [4.78, 5) is 0. The van der Waals surface area contributed by atoms with Crippen molar-refractivity contribution in [3.05, 3.63) is 59.7 Å². The smallest absolute Gasteiger partial charge is 0.161 e. The highest BCUT2D eigenvalue weighted by molar-refractivity contribution is 5.42. The Kier molecular flexibility index (Phi) is 7.57. The fourth-order valence-corrected chi connectivity index (χ4v) is 4.36. The monoisotopic (exact) mass is 397 g/mol. The molecule has 0 aromatic heterocycles. The third-order valence-electron chi connectivity index (χ3n) is 6.19. The van der Waals surface area contributed by atoms with Gasteiger partial charge in [-0.2, -0.15) is 0 Å². The number of benzene rings is 2. The molecule has 4 heteroatoms. The molecule has 2 aromatic rings. The third kappa shape index (κ3) is 5.31. The summed E-state index contributed by atoms with van der Waals surface area (Å²) in [5, 5.41) is 3.64. The maximum Gasteiger partial charge on any atom is 0.161 e. The Balaban J connectivity index is 1.65. The van der Waals surface area contributed by atoms with Gasteiger partial charge in [0.25, 0.3) is 0 Å². The number of nitrogens with one attached hydrogen (secondary N) is 1. The number of methoxy groups -OCH3 is 2. The number of hydrogen-bond donors (Lipinski definition) is 1. The molecule has 1 heterocycles. The van der Waals surface area contributed by atoms with Crippen LogP contribution in [0.25, 0.3) is 0 Å². The van der Waals surface area contributed by atoms with Gasteiger partial charge in [0.1, 0.15) is 0 Å². The first-order valence-corrected chi connectivity index (χ1v) is 10.7. The molecule has 0 spiro atoms. The van der Waals surface area contributed by atoms with Gasteiger partial charge in [-0.15, -0.1) is 0 Å². The van der Waals surface area contributed by atoms with Crippen molar-refractivity contribution < 1.29 is 14.2 Å². The van der Waals surface area contributed by atoms with Crippen LogP contribution in [0.3, 0.4) is 0 Å². The zero-order valence-corrected chi connectivity index (χ0v) is 18.2. The molecule has 3 rings (SSSR count). The van der Waals surface area contributed by atoms with Crippen molar-refractivity contribution >= 4 is 0 Å². The standard InChI is InChI=1S/C25H35NO3/c1-19(2)24-17-25(13-15-29-24,21-8-6-5-7-9-21)12-14-26-18-20-10-11-22(27-3)23(16-20)28-4/h5-11,16,19,24,26H,12-15,17-18H2,1-4H3. The molecule has 1 aliphatic heterocycles. The van der Waals surface area contributed by atoms with Gasteiger partial charge < -0.3 is 19.5 Å². The van der Waals surface area contributed by atoms with Crippen molar-refractivity contribution in [1.29, 1.82) is 0 Å². The summed E-state index contributed by atoms with van der Waals surface area (Å²) >= 11 is 0. The van der Waals surface area contributed by atoms with Crippen molar-refractivity contribution in [2.75, 3.05) is 27.4 Å². The van der Waals surface area contributed by atoms with Gasteiger partial charge in [-0.05, 0) is 55.0 Å². The molecule has 0 bridgehead atoms. The molecular weight excluding hydrogens is 362 g/mol. The predicted octanol–water partition coefficient (Wildman–Crippen LogP) is 4.96. The Bertz CT molecular complexity index is 762. The van der Waals surface area contributed by atoms with Gasteiger partial charge in [-0.1, -0.05) is 50.2 Å². The predicted molar refractivity (Wildman–Crippen MR) is 118 cm³/mol. The summed E-state index contributed by atoms with van der Waals surface area (Å²) in [5.74, 6) is 2.08. The number of hydrogen-bond acceptors (Lipinski definition) is 4. The molecule has 29 heavy (non-hydrogen) atoms. The highest BCUT2D eigenvalue weighted by atomic mass is 16.5. The topological polar surface area (TPSA) is 39.7 Å². The van der Waals surface area contributed by atoms with Crippen LogP contribution in [0.5, 0.6) is 11.5 Å². The Morgan fingerprint density at radius 1 is 1.07 bits per heavy atom. The van der Waals surface area contributed by atoms with Crippen LogP contribution in [0.15, 0.2) is 48.5 Å². The molecule has 1 saturated heterocycles. The minimum Gasteiger partial charge on any atom is -0.493 e. The molecule has 158 valence electrons. The van der Waals surface area contributed by atoms with Crippen molar-refractivity contribution in [2.45, 2.75) is 51.2 Å². The number of ether oxygens (including phenoxy) is 3. The minimum absolute atomic E-state index is 0.180. The lowest BCUT2D eigenvalue weighted by molar-refractivity contribution is -0.0469. The second kappa shape index (κ2) is 10.1. The van der Waals surface area contributed by atoms with Gasteiger partial charge in [-0.3, -0.25) is 0 Å². The Morgan fingerprint density at radius 3 is 2.52 bits per heavy atom. The third-order valence-corrected chi connectivity index (χ3v) is 6.19. The summed E-state index contributed by atoms with van der Waals surface area (Å²) in [7, 11) is 3.34. The summed E-state index contributed by atoms with van der Waals surface area (Å²) < 4.78 is 16.8. The number of rotatable bonds is 9. The second-order valence-corrected chi connectivity index (χ2v) is 8.37. The second-order valence-electron chi connectivity index (χ2n) is 8.37. The van der Waals surface area contributed by atoms with Crippen LogP contribution in [0.2, 0.25) is 0 Å². The Labute approximate surface area is 175 Å². The van der Waals surface area contributed by atoms with Crippen LogP contribution in [-0.2, 0) is 16.7 Å². The van der Waals surface area contributed by atoms with Crippen molar-refractivity contribution in [3.63, 3.8) is 0 Å². The average Bonchev–Trinajstić information content (AvgIpc) is 2.77. The van der Waals surface area contributed by atoms with E-state index in [1.165, 1.54) is 11.1 Å². The minimum atomic E-state index is 0.180. The maximum absolute atomic E-state index is 6.09. The van der Waals surface area contributed by atoms with E-state index in [1.807, 2.05) is 12.1 Å². The van der Waals surface area contributed by atoms with Crippen LogP contribution >= 0.6 is 0 Å². The fraction of sp³-hybridized carbons (Fsp3) is 0.520. The molecule has 0 radical (unpaired) electrons. The molecular formula is C25H35NO3. The molecule has 1 aliphatic rings. The Morgan fingerprint density at radius 2 is 1.83 bits per heavy atom. The first kappa shape index (κ1) is 21.7. The molecule has 0 amide bonds. The van der Waals surface area contributed by atoms with Crippen molar-refractivity contribution in [3.8, 4) is 11.5 Å². The maximum atomic E-state index is 6.09. The zero-order chi connectivity index (χ0) is 20.7. The molecule has 1 N–H and O–H groups in total. The van der Waals surface area contributed by atoms with Crippen LogP contribution in [0.4, 0.5) is 0 Å². The highest BCUT2D eigenvalue weighted by Crippen LogP contribution is 2.41. The van der Waals surface area contributed by atoms with Gasteiger partial charge in [0.2, 0.25) is 0 Å². The molecule has 0 saturated carbocycles. The summed E-state index contributed by atoms with van der Waals surface area (Å²) in [6.45, 7) is 7.15. The van der Waals surface area contributed by atoms with Gasteiger partial charge in [0.15, 0.2) is 11.5 Å². The van der Waals surface area contributed by atoms with E-state index < -0.39 is 0 Å². The van der Waals surface area contributed by atoms with E-state index >= 15 is 0 Å². The average molecular weight is 398 g/mol. The van der Waals surface area contributed by atoms with E-state index in [0.717, 1.165) is 50.5 Å². The first-order valence-electron chi connectivity index (χ1n) is 10.7. The lowest BCUT2D eigenvalue weighted by atomic mass is 9.68. The van der Waals surface area contributed by atoms with Crippen LogP contribution in [0.1, 0.15) is 44.2 Å². The normalized spacial score (nSPS) is 21.9. The quantitative estimate of drug-likeness (QED) is 0.607. The van der Waals surface area contributed by atoms with E-state index in [9.17, 15) is 0 Å². The van der Waals surface area contributed by atoms with Crippen LogP contribution in [0, 0.1) is 5.92 Å².